The number of hydrogen-bond donors (Lipinski definition) is 0. The zero-order valence-corrected chi connectivity index (χ0v) is 16.6. The molecule has 8 heteroatoms. The SMILES string of the molecule is COC(=O)COc1c2cc(Cl)ccc2c(OCC(=O)OC)c2c(Cl)cccc12. The number of rotatable bonds is 6. The van der Waals surface area contributed by atoms with Crippen LogP contribution in [0.4, 0.5) is 0 Å². The molecule has 3 aromatic rings. The van der Waals surface area contributed by atoms with E-state index in [1.807, 2.05) is 0 Å². The molecule has 28 heavy (non-hydrogen) atoms. The van der Waals surface area contributed by atoms with E-state index in [9.17, 15) is 9.59 Å². The van der Waals surface area contributed by atoms with Gasteiger partial charge in [-0.25, -0.2) is 9.59 Å². The Bertz CT molecular complexity index is 1060. The minimum Gasteiger partial charge on any atom is -0.481 e. The van der Waals surface area contributed by atoms with Crippen molar-refractivity contribution in [2.45, 2.75) is 0 Å². The van der Waals surface area contributed by atoms with Gasteiger partial charge < -0.3 is 18.9 Å². The topological polar surface area (TPSA) is 71.1 Å². The lowest BCUT2D eigenvalue weighted by molar-refractivity contribution is -0.143. The number of ether oxygens (including phenoxy) is 4. The van der Waals surface area contributed by atoms with Gasteiger partial charge in [0.25, 0.3) is 0 Å². The van der Waals surface area contributed by atoms with Gasteiger partial charge in [-0.2, -0.15) is 0 Å². The van der Waals surface area contributed by atoms with E-state index in [0.29, 0.717) is 43.1 Å². The molecule has 0 heterocycles. The third-order valence-corrected chi connectivity index (χ3v) is 4.63. The first-order valence-corrected chi connectivity index (χ1v) is 8.94. The van der Waals surface area contributed by atoms with Crippen molar-refractivity contribution in [2.24, 2.45) is 0 Å². The van der Waals surface area contributed by atoms with Gasteiger partial charge in [-0.1, -0.05) is 35.3 Å². The van der Waals surface area contributed by atoms with Gasteiger partial charge in [0.15, 0.2) is 13.2 Å². The summed E-state index contributed by atoms with van der Waals surface area (Å²) in [4.78, 5) is 23.2. The Hall–Kier alpha value is -2.70. The van der Waals surface area contributed by atoms with Crippen molar-refractivity contribution in [1.82, 2.24) is 0 Å². The lowest BCUT2D eigenvalue weighted by Gasteiger charge is -2.18. The maximum Gasteiger partial charge on any atom is 0.343 e. The predicted molar refractivity (Wildman–Crippen MR) is 106 cm³/mol. The zero-order valence-electron chi connectivity index (χ0n) is 15.1. The molecule has 0 saturated carbocycles. The van der Waals surface area contributed by atoms with Gasteiger partial charge in [0.2, 0.25) is 0 Å². The van der Waals surface area contributed by atoms with E-state index in [4.69, 9.17) is 32.7 Å². The van der Waals surface area contributed by atoms with Crippen molar-refractivity contribution < 1.29 is 28.5 Å². The van der Waals surface area contributed by atoms with E-state index >= 15 is 0 Å². The van der Waals surface area contributed by atoms with Gasteiger partial charge in [0.1, 0.15) is 11.5 Å². The molecular formula is C20H16Cl2O6. The highest BCUT2D eigenvalue weighted by molar-refractivity contribution is 6.37. The summed E-state index contributed by atoms with van der Waals surface area (Å²) in [5, 5.41) is 3.24. The normalized spacial score (nSPS) is 10.7. The highest BCUT2D eigenvalue weighted by Crippen LogP contribution is 2.46. The van der Waals surface area contributed by atoms with Crippen LogP contribution in [0.25, 0.3) is 21.5 Å². The van der Waals surface area contributed by atoms with Crippen molar-refractivity contribution in [3.05, 3.63) is 46.4 Å². The number of halogens is 2. The van der Waals surface area contributed by atoms with Crippen molar-refractivity contribution in [3.8, 4) is 11.5 Å². The molecule has 0 amide bonds. The largest absolute Gasteiger partial charge is 0.481 e. The zero-order chi connectivity index (χ0) is 20.3. The van der Waals surface area contributed by atoms with Crippen LogP contribution in [-0.2, 0) is 19.1 Å². The summed E-state index contributed by atoms with van der Waals surface area (Å²) in [5.41, 5.74) is 0. The molecule has 0 bridgehead atoms. The maximum absolute atomic E-state index is 11.6. The fourth-order valence-corrected chi connectivity index (χ4v) is 3.24. The van der Waals surface area contributed by atoms with E-state index < -0.39 is 11.9 Å². The average molecular weight is 423 g/mol. The molecule has 0 spiro atoms. The van der Waals surface area contributed by atoms with E-state index in [0.717, 1.165) is 0 Å². The number of esters is 2. The standard InChI is InChI=1S/C20H16Cl2O6/c1-25-16(23)9-27-19-13-4-3-5-15(22)18(13)20(28-10-17(24)26-2)12-7-6-11(21)8-14(12)19/h3-8H,9-10H2,1-2H3. The molecule has 0 aromatic heterocycles. The molecule has 3 aromatic carbocycles. The van der Waals surface area contributed by atoms with Crippen molar-refractivity contribution >= 4 is 56.7 Å². The number of carbonyl (C=O) groups excluding carboxylic acids is 2. The van der Waals surface area contributed by atoms with Crippen LogP contribution in [0.5, 0.6) is 11.5 Å². The Morgan fingerprint density at radius 3 is 2.11 bits per heavy atom. The molecule has 0 N–H and O–H groups in total. The van der Waals surface area contributed by atoms with Gasteiger partial charge in [-0.3, -0.25) is 0 Å². The molecule has 0 aliphatic carbocycles. The Morgan fingerprint density at radius 2 is 1.46 bits per heavy atom. The number of hydrogen-bond acceptors (Lipinski definition) is 6. The third kappa shape index (κ3) is 3.93. The Balaban J connectivity index is 2.29. The third-order valence-electron chi connectivity index (χ3n) is 4.08. The molecule has 0 aliphatic heterocycles. The smallest absolute Gasteiger partial charge is 0.343 e. The summed E-state index contributed by atoms with van der Waals surface area (Å²) in [6.07, 6.45) is 0. The fourth-order valence-electron chi connectivity index (χ4n) is 2.81. The van der Waals surface area contributed by atoms with Crippen LogP contribution in [0.2, 0.25) is 10.0 Å². The van der Waals surface area contributed by atoms with Gasteiger partial charge in [0.05, 0.1) is 19.2 Å². The molecule has 0 unspecified atom stereocenters. The van der Waals surface area contributed by atoms with Gasteiger partial charge >= 0.3 is 11.9 Å². The van der Waals surface area contributed by atoms with E-state index in [-0.39, 0.29) is 13.2 Å². The number of benzene rings is 3. The number of fused-ring (bicyclic) bond motifs is 2. The minimum atomic E-state index is -0.534. The van der Waals surface area contributed by atoms with Gasteiger partial charge in [-0.15, -0.1) is 0 Å². The van der Waals surface area contributed by atoms with Crippen molar-refractivity contribution in [3.63, 3.8) is 0 Å². The van der Waals surface area contributed by atoms with E-state index in [1.165, 1.54) is 14.2 Å². The molecule has 146 valence electrons. The molecule has 0 saturated heterocycles. The first-order valence-electron chi connectivity index (χ1n) is 8.19. The van der Waals surface area contributed by atoms with Crippen LogP contribution in [0.1, 0.15) is 0 Å². The lowest BCUT2D eigenvalue weighted by Crippen LogP contribution is -2.14. The summed E-state index contributed by atoms with van der Waals surface area (Å²) in [7, 11) is 2.55. The highest BCUT2D eigenvalue weighted by atomic mass is 35.5. The van der Waals surface area contributed by atoms with Crippen LogP contribution in [-0.4, -0.2) is 39.4 Å². The Kier molecular flexibility index (Phi) is 6.11. The van der Waals surface area contributed by atoms with Gasteiger partial charge in [-0.05, 0) is 24.3 Å². The van der Waals surface area contributed by atoms with Crippen LogP contribution in [0.3, 0.4) is 0 Å². The van der Waals surface area contributed by atoms with Crippen molar-refractivity contribution in [2.75, 3.05) is 27.4 Å². The summed E-state index contributed by atoms with van der Waals surface area (Å²) >= 11 is 12.6. The Morgan fingerprint density at radius 1 is 0.821 bits per heavy atom. The molecule has 0 radical (unpaired) electrons. The number of carbonyl (C=O) groups is 2. The summed E-state index contributed by atoms with van der Waals surface area (Å²) < 4.78 is 20.8. The minimum absolute atomic E-state index is 0.290. The highest BCUT2D eigenvalue weighted by Gasteiger charge is 2.20. The molecule has 6 nitrogen and oxygen atoms in total. The second kappa shape index (κ2) is 8.54. The van der Waals surface area contributed by atoms with Gasteiger partial charge in [0, 0.05) is 26.6 Å². The van der Waals surface area contributed by atoms with Crippen LogP contribution >= 0.6 is 23.2 Å². The fraction of sp³-hybridized carbons (Fsp3) is 0.200. The lowest BCUT2D eigenvalue weighted by atomic mass is 10.0. The summed E-state index contributed by atoms with van der Waals surface area (Å²) in [6, 6.07) is 10.3. The average Bonchev–Trinajstić information content (AvgIpc) is 2.70. The van der Waals surface area contributed by atoms with Crippen LogP contribution in [0.15, 0.2) is 36.4 Å². The summed E-state index contributed by atoms with van der Waals surface area (Å²) in [6.45, 7) is -0.584. The second-order valence-electron chi connectivity index (χ2n) is 5.74. The molecule has 0 aliphatic rings. The first kappa shape index (κ1) is 20.0. The monoisotopic (exact) mass is 422 g/mol. The van der Waals surface area contributed by atoms with Crippen molar-refractivity contribution in [1.29, 1.82) is 0 Å². The second-order valence-corrected chi connectivity index (χ2v) is 6.58. The molecular weight excluding hydrogens is 407 g/mol. The molecule has 3 rings (SSSR count). The maximum atomic E-state index is 11.6. The first-order chi connectivity index (χ1) is 13.5. The number of methoxy groups -OCH3 is 2. The van der Waals surface area contributed by atoms with Crippen LogP contribution < -0.4 is 9.47 Å². The molecule has 0 atom stereocenters. The molecule has 0 fully saturated rings. The van der Waals surface area contributed by atoms with Crippen LogP contribution in [0, 0.1) is 0 Å². The predicted octanol–water partition coefficient (Wildman–Crippen LogP) is 4.40. The van der Waals surface area contributed by atoms with E-state index in [2.05, 4.69) is 9.47 Å². The van der Waals surface area contributed by atoms with E-state index in [1.54, 1.807) is 36.4 Å². The quantitative estimate of drug-likeness (QED) is 0.432. The Labute approximate surface area is 170 Å². The summed E-state index contributed by atoms with van der Waals surface area (Å²) in [5.74, 6) is -0.265.